The van der Waals surface area contributed by atoms with Crippen molar-refractivity contribution in [2.75, 3.05) is 19.7 Å². The number of rotatable bonds is 5. The lowest BCUT2D eigenvalue weighted by atomic mass is 10.3. The lowest BCUT2D eigenvalue weighted by Crippen LogP contribution is -2.20. The van der Waals surface area contributed by atoms with Gasteiger partial charge in [-0.15, -0.1) is 0 Å². The maximum Gasteiger partial charge on any atom is 0.120 e. The summed E-state index contributed by atoms with van der Waals surface area (Å²) in [5, 5.41) is 3.88. The van der Waals surface area contributed by atoms with E-state index in [9.17, 15) is 0 Å². The van der Waals surface area contributed by atoms with Gasteiger partial charge in [-0.25, -0.2) is 0 Å². The molecule has 0 aliphatic rings. The molecule has 0 saturated heterocycles. The highest BCUT2D eigenvalue weighted by molar-refractivity contribution is 6.30. The van der Waals surface area contributed by atoms with Crippen molar-refractivity contribution in [2.45, 2.75) is 6.92 Å². The number of hydrogen-bond donors (Lipinski definition) is 1. The first kappa shape index (κ1) is 10.4. The predicted octanol–water partition coefficient (Wildman–Crippen LogP) is 2.33. The van der Waals surface area contributed by atoms with E-state index in [1.807, 2.05) is 24.3 Å². The van der Waals surface area contributed by atoms with Crippen molar-refractivity contribution in [1.29, 1.82) is 0 Å². The minimum absolute atomic E-state index is 0.675. The van der Waals surface area contributed by atoms with Crippen molar-refractivity contribution in [1.82, 2.24) is 5.32 Å². The third-order valence-corrected chi connectivity index (χ3v) is 1.83. The number of likely N-dealkylation sites (N-methyl/N-ethyl adjacent to an activating group) is 1. The van der Waals surface area contributed by atoms with Crippen LogP contribution in [0.3, 0.4) is 0 Å². The standard InChI is InChI=1S/C10H14ClNO/c1-2-12-6-7-13-10-5-3-4-9(11)8-10/h3-5,8,12H,2,6-7H2,1H3. The summed E-state index contributed by atoms with van der Waals surface area (Å²) in [5.74, 6) is 0.824. The van der Waals surface area contributed by atoms with Crippen LogP contribution in [-0.4, -0.2) is 19.7 Å². The fourth-order valence-electron chi connectivity index (χ4n) is 0.975. The van der Waals surface area contributed by atoms with Gasteiger partial charge >= 0.3 is 0 Å². The van der Waals surface area contributed by atoms with Crippen LogP contribution in [0.4, 0.5) is 0 Å². The molecule has 0 atom stereocenters. The molecule has 0 bridgehead atoms. The summed E-state index contributed by atoms with van der Waals surface area (Å²) in [7, 11) is 0. The van der Waals surface area contributed by atoms with Gasteiger partial charge in [-0.05, 0) is 24.7 Å². The van der Waals surface area contributed by atoms with E-state index in [2.05, 4.69) is 12.2 Å². The largest absolute Gasteiger partial charge is 0.492 e. The zero-order valence-electron chi connectivity index (χ0n) is 7.72. The number of nitrogens with one attached hydrogen (secondary N) is 1. The van der Waals surface area contributed by atoms with E-state index in [0.717, 1.165) is 18.8 Å². The molecule has 0 saturated carbocycles. The molecule has 1 rings (SSSR count). The van der Waals surface area contributed by atoms with Gasteiger partial charge in [-0.2, -0.15) is 0 Å². The average molecular weight is 200 g/mol. The highest BCUT2D eigenvalue weighted by atomic mass is 35.5. The van der Waals surface area contributed by atoms with Crippen molar-refractivity contribution < 1.29 is 4.74 Å². The fraction of sp³-hybridized carbons (Fsp3) is 0.400. The molecular formula is C10H14ClNO. The summed E-state index contributed by atoms with van der Waals surface area (Å²) >= 11 is 5.79. The van der Waals surface area contributed by atoms with Gasteiger partial charge in [0.05, 0.1) is 0 Å². The molecule has 0 spiro atoms. The minimum atomic E-state index is 0.675. The lowest BCUT2D eigenvalue weighted by Gasteiger charge is -2.06. The number of benzene rings is 1. The highest BCUT2D eigenvalue weighted by Crippen LogP contribution is 2.16. The molecule has 3 heteroatoms. The summed E-state index contributed by atoms with van der Waals surface area (Å²) < 4.78 is 5.44. The molecule has 0 aliphatic carbocycles. The molecule has 0 radical (unpaired) electrons. The maximum absolute atomic E-state index is 5.79. The van der Waals surface area contributed by atoms with Crippen molar-refractivity contribution >= 4 is 11.6 Å². The molecule has 0 unspecified atom stereocenters. The molecular weight excluding hydrogens is 186 g/mol. The zero-order chi connectivity index (χ0) is 9.52. The molecule has 0 fully saturated rings. The van der Waals surface area contributed by atoms with E-state index in [1.165, 1.54) is 0 Å². The first-order chi connectivity index (χ1) is 6.33. The SMILES string of the molecule is CCNCCOc1cccc(Cl)c1. The summed E-state index contributed by atoms with van der Waals surface area (Å²) in [6, 6.07) is 7.43. The number of halogens is 1. The van der Waals surface area contributed by atoms with Gasteiger partial charge in [0.15, 0.2) is 0 Å². The zero-order valence-corrected chi connectivity index (χ0v) is 8.47. The van der Waals surface area contributed by atoms with Crippen LogP contribution in [0.5, 0.6) is 5.75 Å². The molecule has 1 aromatic rings. The summed E-state index contributed by atoms with van der Waals surface area (Å²) in [6.45, 7) is 4.58. The van der Waals surface area contributed by atoms with Gasteiger partial charge in [0, 0.05) is 11.6 Å². The quantitative estimate of drug-likeness (QED) is 0.735. The highest BCUT2D eigenvalue weighted by Gasteiger charge is 1.93. The van der Waals surface area contributed by atoms with Crippen molar-refractivity contribution in [3.05, 3.63) is 29.3 Å². The van der Waals surface area contributed by atoms with E-state index in [1.54, 1.807) is 0 Å². The third-order valence-electron chi connectivity index (χ3n) is 1.59. The van der Waals surface area contributed by atoms with E-state index < -0.39 is 0 Å². The lowest BCUT2D eigenvalue weighted by molar-refractivity contribution is 0.315. The van der Waals surface area contributed by atoms with E-state index >= 15 is 0 Å². The summed E-state index contributed by atoms with van der Waals surface area (Å²) in [4.78, 5) is 0. The van der Waals surface area contributed by atoms with Gasteiger partial charge in [0.2, 0.25) is 0 Å². The maximum atomic E-state index is 5.79. The molecule has 0 amide bonds. The Hall–Kier alpha value is -0.730. The smallest absolute Gasteiger partial charge is 0.120 e. The van der Waals surface area contributed by atoms with Crippen LogP contribution in [0.25, 0.3) is 0 Å². The Balaban J connectivity index is 2.28. The molecule has 0 aromatic heterocycles. The normalized spacial score (nSPS) is 10.0. The Labute approximate surface area is 83.9 Å². The van der Waals surface area contributed by atoms with Gasteiger partial charge in [-0.1, -0.05) is 24.6 Å². The van der Waals surface area contributed by atoms with E-state index in [-0.39, 0.29) is 0 Å². The van der Waals surface area contributed by atoms with Crippen LogP contribution >= 0.6 is 11.6 Å². The predicted molar refractivity (Wildman–Crippen MR) is 55.5 cm³/mol. The van der Waals surface area contributed by atoms with Gasteiger partial charge in [0.25, 0.3) is 0 Å². The summed E-state index contributed by atoms with van der Waals surface area (Å²) in [5.41, 5.74) is 0. The first-order valence-electron chi connectivity index (χ1n) is 4.42. The Kier molecular flexibility index (Phi) is 4.65. The van der Waals surface area contributed by atoms with Crippen LogP contribution < -0.4 is 10.1 Å². The van der Waals surface area contributed by atoms with Gasteiger partial charge < -0.3 is 10.1 Å². The van der Waals surface area contributed by atoms with Crippen LogP contribution in [0.1, 0.15) is 6.92 Å². The molecule has 0 aliphatic heterocycles. The molecule has 2 nitrogen and oxygen atoms in total. The Bertz CT molecular complexity index is 252. The molecule has 13 heavy (non-hydrogen) atoms. The van der Waals surface area contributed by atoms with Crippen molar-refractivity contribution in [3.63, 3.8) is 0 Å². The molecule has 72 valence electrons. The van der Waals surface area contributed by atoms with Crippen molar-refractivity contribution in [2.24, 2.45) is 0 Å². The monoisotopic (exact) mass is 199 g/mol. The third kappa shape index (κ3) is 4.15. The van der Waals surface area contributed by atoms with Crippen LogP contribution in [0.2, 0.25) is 5.02 Å². The average Bonchev–Trinajstić information content (AvgIpc) is 2.13. The topological polar surface area (TPSA) is 21.3 Å². The Morgan fingerprint density at radius 1 is 1.46 bits per heavy atom. The van der Waals surface area contributed by atoms with Gasteiger partial charge in [0.1, 0.15) is 12.4 Å². The minimum Gasteiger partial charge on any atom is -0.492 e. The number of hydrogen-bond acceptors (Lipinski definition) is 2. The second-order valence-corrected chi connectivity index (χ2v) is 3.10. The molecule has 1 N–H and O–H groups in total. The van der Waals surface area contributed by atoms with Crippen molar-refractivity contribution in [3.8, 4) is 5.75 Å². The Morgan fingerprint density at radius 2 is 2.31 bits per heavy atom. The van der Waals surface area contributed by atoms with E-state index in [0.29, 0.717) is 11.6 Å². The molecule has 0 heterocycles. The second kappa shape index (κ2) is 5.84. The Morgan fingerprint density at radius 3 is 3.00 bits per heavy atom. The van der Waals surface area contributed by atoms with Gasteiger partial charge in [-0.3, -0.25) is 0 Å². The summed E-state index contributed by atoms with van der Waals surface area (Å²) in [6.07, 6.45) is 0. The first-order valence-corrected chi connectivity index (χ1v) is 4.80. The van der Waals surface area contributed by atoms with Crippen LogP contribution in [0, 0.1) is 0 Å². The second-order valence-electron chi connectivity index (χ2n) is 2.66. The van der Waals surface area contributed by atoms with E-state index in [4.69, 9.17) is 16.3 Å². The van der Waals surface area contributed by atoms with Crippen LogP contribution in [0.15, 0.2) is 24.3 Å². The molecule has 1 aromatic carbocycles. The van der Waals surface area contributed by atoms with Crippen LogP contribution in [-0.2, 0) is 0 Å². The number of ether oxygens (including phenoxy) is 1. The fourth-order valence-corrected chi connectivity index (χ4v) is 1.15.